The van der Waals surface area contributed by atoms with Crippen LogP contribution >= 0.6 is 0 Å². The van der Waals surface area contributed by atoms with Crippen LogP contribution in [0, 0.1) is 34.6 Å². The molecule has 19 heavy (non-hydrogen) atoms. The summed E-state index contributed by atoms with van der Waals surface area (Å²) in [5, 5.41) is 19.0. The molecule has 0 heterocycles. The number of aliphatic hydroxyl groups excluding tert-OH is 1. The maximum Gasteiger partial charge on any atom is 0.303 e. The van der Waals surface area contributed by atoms with E-state index in [1.165, 1.54) is 16.7 Å². The molecule has 3 heteroatoms. The Labute approximate surface area is 115 Å². The molecule has 1 atom stereocenters. The lowest BCUT2D eigenvalue weighted by Crippen LogP contribution is -2.08. The van der Waals surface area contributed by atoms with Crippen LogP contribution in [0.25, 0.3) is 0 Å². The van der Waals surface area contributed by atoms with E-state index in [2.05, 4.69) is 20.8 Å². The Morgan fingerprint density at radius 1 is 0.947 bits per heavy atom. The molecule has 1 aromatic rings. The Morgan fingerprint density at radius 3 is 1.79 bits per heavy atom. The molecule has 2 N–H and O–H groups in total. The van der Waals surface area contributed by atoms with Crippen molar-refractivity contribution in [3.63, 3.8) is 0 Å². The van der Waals surface area contributed by atoms with E-state index < -0.39 is 12.1 Å². The molecule has 0 fully saturated rings. The molecule has 0 aromatic heterocycles. The van der Waals surface area contributed by atoms with Crippen molar-refractivity contribution in [3.8, 4) is 0 Å². The average Bonchev–Trinajstić information content (AvgIpc) is 2.34. The number of aliphatic hydroxyl groups is 1. The predicted molar refractivity (Wildman–Crippen MR) is 76.6 cm³/mol. The summed E-state index contributed by atoms with van der Waals surface area (Å²) < 4.78 is 0. The smallest absolute Gasteiger partial charge is 0.303 e. The highest BCUT2D eigenvalue weighted by molar-refractivity contribution is 5.66. The summed E-state index contributed by atoms with van der Waals surface area (Å²) in [5.41, 5.74) is 6.94. The zero-order chi connectivity index (χ0) is 14.7. The lowest BCUT2D eigenvalue weighted by atomic mass is 9.86. The second-order valence-corrected chi connectivity index (χ2v) is 5.34. The van der Waals surface area contributed by atoms with Crippen molar-refractivity contribution in [1.82, 2.24) is 0 Å². The van der Waals surface area contributed by atoms with Crippen LogP contribution in [0.3, 0.4) is 0 Å². The fourth-order valence-electron chi connectivity index (χ4n) is 2.62. The van der Waals surface area contributed by atoms with E-state index >= 15 is 0 Å². The first kappa shape index (κ1) is 15.7. The monoisotopic (exact) mass is 264 g/mol. The first-order valence-electron chi connectivity index (χ1n) is 6.74. The highest BCUT2D eigenvalue weighted by Gasteiger charge is 2.18. The minimum Gasteiger partial charge on any atom is -0.481 e. The summed E-state index contributed by atoms with van der Waals surface area (Å²) in [4.78, 5) is 10.5. The summed E-state index contributed by atoms with van der Waals surface area (Å²) in [6, 6.07) is 0. The quantitative estimate of drug-likeness (QED) is 0.855. The van der Waals surface area contributed by atoms with Crippen LogP contribution in [-0.4, -0.2) is 16.2 Å². The van der Waals surface area contributed by atoms with Crippen LogP contribution in [-0.2, 0) is 4.79 Å². The maximum atomic E-state index is 10.5. The molecule has 0 saturated carbocycles. The lowest BCUT2D eigenvalue weighted by Gasteiger charge is -2.22. The van der Waals surface area contributed by atoms with Crippen molar-refractivity contribution in [2.45, 2.75) is 60.0 Å². The third-order valence-electron chi connectivity index (χ3n) is 4.26. The SMILES string of the molecule is Cc1c(C)c(C)c([C@@H](O)CCCC(=O)O)c(C)c1C. The second kappa shape index (κ2) is 6.20. The molecule has 0 aliphatic rings. The van der Waals surface area contributed by atoms with Gasteiger partial charge in [0.1, 0.15) is 0 Å². The van der Waals surface area contributed by atoms with Gasteiger partial charge < -0.3 is 10.2 Å². The Kier molecular flexibility index (Phi) is 5.12. The number of aliphatic carboxylic acids is 1. The first-order valence-corrected chi connectivity index (χ1v) is 6.74. The van der Waals surface area contributed by atoms with Gasteiger partial charge in [0.25, 0.3) is 0 Å². The van der Waals surface area contributed by atoms with E-state index in [0.717, 1.165) is 16.7 Å². The summed E-state index contributed by atoms with van der Waals surface area (Å²) in [7, 11) is 0. The second-order valence-electron chi connectivity index (χ2n) is 5.34. The number of carboxylic acids is 1. The number of hydrogen-bond donors (Lipinski definition) is 2. The molecule has 0 bridgehead atoms. The highest BCUT2D eigenvalue weighted by Crippen LogP contribution is 2.32. The molecule has 3 nitrogen and oxygen atoms in total. The third-order valence-corrected chi connectivity index (χ3v) is 4.26. The van der Waals surface area contributed by atoms with Crippen molar-refractivity contribution in [3.05, 3.63) is 33.4 Å². The van der Waals surface area contributed by atoms with Crippen LogP contribution in [0.15, 0.2) is 0 Å². The van der Waals surface area contributed by atoms with Crippen LogP contribution in [0.4, 0.5) is 0 Å². The van der Waals surface area contributed by atoms with Crippen molar-refractivity contribution < 1.29 is 15.0 Å². The molecule has 0 aliphatic carbocycles. The maximum absolute atomic E-state index is 10.5. The summed E-state index contributed by atoms with van der Waals surface area (Å²) >= 11 is 0. The molecule has 0 unspecified atom stereocenters. The van der Waals surface area contributed by atoms with Gasteiger partial charge in [0, 0.05) is 6.42 Å². The fourth-order valence-corrected chi connectivity index (χ4v) is 2.62. The van der Waals surface area contributed by atoms with Crippen molar-refractivity contribution >= 4 is 5.97 Å². The number of rotatable bonds is 5. The normalized spacial score (nSPS) is 12.5. The van der Waals surface area contributed by atoms with Crippen LogP contribution < -0.4 is 0 Å². The van der Waals surface area contributed by atoms with Gasteiger partial charge >= 0.3 is 5.97 Å². The number of carbonyl (C=O) groups is 1. The number of carboxylic acid groups (broad SMARTS) is 1. The number of hydrogen-bond acceptors (Lipinski definition) is 2. The van der Waals surface area contributed by atoms with Gasteiger partial charge in [-0.15, -0.1) is 0 Å². The first-order chi connectivity index (χ1) is 8.77. The van der Waals surface area contributed by atoms with E-state index in [1.54, 1.807) is 0 Å². The van der Waals surface area contributed by atoms with Gasteiger partial charge in [0.15, 0.2) is 0 Å². The molecule has 106 valence electrons. The molecule has 1 aromatic carbocycles. The van der Waals surface area contributed by atoms with Crippen LogP contribution in [0.2, 0.25) is 0 Å². The minimum atomic E-state index is -0.808. The Morgan fingerprint density at radius 2 is 1.37 bits per heavy atom. The standard InChI is InChI=1S/C16H24O3/c1-9-10(2)12(4)16(13(5)11(9)3)14(17)7-6-8-15(18)19/h14,17H,6-8H2,1-5H3,(H,18,19)/t14-/m0/s1. The van der Waals surface area contributed by atoms with Crippen molar-refractivity contribution in [1.29, 1.82) is 0 Å². The summed E-state index contributed by atoms with van der Waals surface area (Å²) in [5.74, 6) is -0.808. The third kappa shape index (κ3) is 3.35. The van der Waals surface area contributed by atoms with Gasteiger partial charge in [0.2, 0.25) is 0 Å². The van der Waals surface area contributed by atoms with Gasteiger partial charge in [-0.25, -0.2) is 0 Å². The van der Waals surface area contributed by atoms with E-state index in [1.807, 2.05) is 13.8 Å². The largest absolute Gasteiger partial charge is 0.481 e. The van der Waals surface area contributed by atoms with E-state index in [4.69, 9.17) is 5.11 Å². The summed E-state index contributed by atoms with van der Waals surface area (Å²) in [6.45, 7) is 10.3. The van der Waals surface area contributed by atoms with Crippen LogP contribution in [0.1, 0.15) is 58.7 Å². The van der Waals surface area contributed by atoms with Crippen molar-refractivity contribution in [2.24, 2.45) is 0 Å². The molecular weight excluding hydrogens is 240 g/mol. The fraction of sp³-hybridized carbons (Fsp3) is 0.562. The lowest BCUT2D eigenvalue weighted by molar-refractivity contribution is -0.137. The molecule has 0 aliphatic heterocycles. The Balaban J connectivity index is 3.03. The molecule has 0 radical (unpaired) electrons. The van der Waals surface area contributed by atoms with E-state index in [0.29, 0.717) is 12.8 Å². The van der Waals surface area contributed by atoms with E-state index in [9.17, 15) is 9.90 Å². The summed E-state index contributed by atoms with van der Waals surface area (Å²) in [6.07, 6.45) is 0.535. The van der Waals surface area contributed by atoms with Crippen molar-refractivity contribution in [2.75, 3.05) is 0 Å². The topological polar surface area (TPSA) is 57.5 Å². The zero-order valence-corrected chi connectivity index (χ0v) is 12.5. The Hall–Kier alpha value is -1.35. The molecule has 0 spiro atoms. The highest BCUT2D eigenvalue weighted by atomic mass is 16.4. The molecule has 0 amide bonds. The average molecular weight is 264 g/mol. The van der Waals surface area contributed by atoms with Gasteiger partial charge in [0.05, 0.1) is 6.10 Å². The minimum absolute atomic E-state index is 0.110. The number of benzene rings is 1. The molecule has 0 saturated heterocycles. The van der Waals surface area contributed by atoms with E-state index in [-0.39, 0.29) is 6.42 Å². The van der Waals surface area contributed by atoms with Gasteiger partial charge in [-0.1, -0.05) is 0 Å². The molecular formula is C16H24O3. The Bertz CT molecular complexity index is 460. The predicted octanol–water partition coefficient (Wildman–Crippen LogP) is 3.52. The van der Waals surface area contributed by atoms with Gasteiger partial charge in [-0.2, -0.15) is 0 Å². The zero-order valence-electron chi connectivity index (χ0n) is 12.5. The van der Waals surface area contributed by atoms with Gasteiger partial charge in [-0.05, 0) is 80.8 Å². The van der Waals surface area contributed by atoms with Crippen LogP contribution in [0.5, 0.6) is 0 Å². The molecule has 1 rings (SSSR count). The van der Waals surface area contributed by atoms with Gasteiger partial charge in [-0.3, -0.25) is 4.79 Å².